The maximum Gasteiger partial charge on any atom is 0.343 e. The van der Waals surface area contributed by atoms with Crippen molar-refractivity contribution in [2.45, 2.75) is 20.3 Å². The SMILES string of the molecule is CCCOc1ccc(C(=O)Oc2ccc(/C=N/NC(=O)C(=O)Nc3ccc(Br)cc3)cc2OCC)cc1. The van der Waals surface area contributed by atoms with E-state index in [0.29, 0.717) is 41.5 Å². The fourth-order valence-electron chi connectivity index (χ4n) is 2.96. The fraction of sp³-hybridized carbons (Fsp3) is 0.185. The molecule has 9 nitrogen and oxygen atoms in total. The van der Waals surface area contributed by atoms with E-state index in [-0.39, 0.29) is 5.75 Å². The first-order valence-corrected chi connectivity index (χ1v) is 12.3. The van der Waals surface area contributed by atoms with Crippen LogP contribution in [0.3, 0.4) is 0 Å². The summed E-state index contributed by atoms with van der Waals surface area (Å²) in [7, 11) is 0. The minimum atomic E-state index is -0.930. The molecule has 0 radical (unpaired) electrons. The molecule has 0 aliphatic carbocycles. The number of hydrogen-bond donors (Lipinski definition) is 2. The minimum absolute atomic E-state index is 0.230. The Bertz CT molecular complexity index is 1260. The normalized spacial score (nSPS) is 10.6. The predicted octanol–water partition coefficient (Wildman–Crippen LogP) is 4.94. The second-order valence-electron chi connectivity index (χ2n) is 7.56. The highest BCUT2D eigenvalue weighted by Crippen LogP contribution is 2.29. The molecule has 0 saturated carbocycles. The Hall–Kier alpha value is -4.18. The molecule has 0 atom stereocenters. The molecule has 0 aliphatic heterocycles. The molecule has 2 N–H and O–H groups in total. The number of nitrogens with one attached hydrogen (secondary N) is 2. The van der Waals surface area contributed by atoms with E-state index in [4.69, 9.17) is 14.2 Å². The molecule has 0 spiro atoms. The summed E-state index contributed by atoms with van der Waals surface area (Å²) < 4.78 is 17.5. The number of rotatable bonds is 10. The first kappa shape index (κ1) is 27.4. The van der Waals surface area contributed by atoms with E-state index in [0.717, 1.165) is 10.9 Å². The Morgan fingerprint density at radius 1 is 0.892 bits per heavy atom. The van der Waals surface area contributed by atoms with Gasteiger partial charge in [-0.15, -0.1) is 0 Å². The summed E-state index contributed by atoms with van der Waals surface area (Å²) >= 11 is 3.30. The van der Waals surface area contributed by atoms with Gasteiger partial charge >= 0.3 is 17.8 Å². The Labute approximate surface area is 222 Å². The summed E-state index contributed by atoms with van der Waals surface area (Å²) in [5.41, 5.74) is 3.56. The van der Waals surface area contributed by atoms with Crippen LogP contribution in [-0.4, -0.2) is 37.2 Å². The third-order valence-electron chi connectivity index (χ3n) is 4.72. The Balaban J connectivity index is 1.60. The van der Waals surface area contributed by atoms with Gasteiger partial charge in [0.05, 0.1) is 25.0 Å². The summed E-state index contributed by atoms with van der Waals surface area (Å²) in [6.45, 7) is 4.74. The van der Waals surface area contributed by atoms with Crippen LogP contribution in [0.15, 0.2) is 76.3 Å². The summed E-state index contributed by atoms with van der Waals surface area (Å²) in [6, 6.07) is 18.3. The van der Waals surface area contributed by atoms with Crippen LogP contribution in [0, 0.1) is 0 Å². The molecule has 192 valence electrons. The molecule has 0 aromatic heterocycles. The van der Waals surface area contributed by atoms with Crippen LogP contribution >= 0.6 is 15.9 Å². The minimum Gasteiger partial charge on any atom is -0.494 e. The molecule has 0 bridgehead atoms. The van der Waals surface area contributed by atoms with Crippen molar-refractivity contribution in [2.24, 2.45) is 5.10 Å². The lowest BCUT2D eigenvalue weighted by molar-refractivity contribution is -0.136. The lowest BCUT2D eigenvalue weighted by Gasteiger charge is -2.12. The van der Waals surface area contributed by atoms with Gasteiger partial charge in [0, 0.05) is 10.2 Å². The van der Waals surface area contributed by atoms with Gasteiger partial charge in [-0.3, -0.25) is 9.59 Å². The van der Waals surface area contributed by atoms with E-state index in [1.807, 2.05) is 6.92 Å². The van der Waals surface area contributed by atoms with E-state index >= 15 is 0 Å². The van der Waals surface area contributed by atoms with Gasteiger partial charge in [-0.1, -0.05) is 22.9 Å². The number of carbonyl (C=O) groups excluding carboxylic acids is 3. The van der Waals surface area contributed by atoms with Crippen molar-refractivity contribution in [3.8, 4) is 17.2 Å². The lowest BCUT2D eigenvalue weighted by atomic mass is 10.2. The zero-order chi connectivity index (χ0) is 26.6. The highest BCUT2D eigenvalue weighted by molar-refractivity contribution is 9.10. The van der Waals surface area contributed by atoms with E-state index in [9.17, 15) is 14.4 Å². The van der Waals surface area contributed by atoms with Crippen LogP contribution in [0.2, 0.25) is 0 Å². The fourth-order valence-corrected chi connectivity index (χ4v) is 3.23. The van der Waals surface area contributed by atoms with Crippen LogP contribution < -0.4 is 25.0 Å². The highest BCUT2D eigenvalue weighted by Gasteiger charge is 2.15. The number of anilines is 1. The second kappa shape index (κ2) is 13.8. The van der Waals surface area contributed by atoms with Gasteiger partial charge in [-0.2, -0.15) is 5.10 Å². The molecule has 0 fully saturated rings. The zero-order valence-corrected chi connectivity index (χ0v) is 21.9. The van der Waals surface area contributed by atoms with Crippen molar-refractivity contribution in [1.82, 2.24) is 5.43 Å². The quantitative estimate of drug-likeness (QED) is 0.118. The average molecular weight is 568 g/mol. The van der Waals surface area contributed by atoms with Crippen molar-refractivity contribution in [3.05, 3.63) is 82.3 Å². The smallest absolute Gasteiger partial charge is 0.343 e. The molecule has 2 amide bonds. The van der Waals surface area contributed by atoms with Gasteiger partial charge in [-0.05, 0) is 85.6 Å². The van der Waals surface area contributed by atoms with Crippen molar-refractivity contribution >= 4 is 45.6 Å². The molecular weight excluding hydrogens is 542 g/mol. The van der Waals surface area contributed by atoms with E-state index in [1.54, 1.807) is 73.7 Å². The summed E-state index contributed by atoms with van der Waals surface area (Å²) in [5.74, 6) is -1.11. The molecule has 3 aromatic rings. The van der Waals surface area contributed by atoms with Crippen LogP contribution in [0.4, 0.5) is 5.69 Å². The molecule has 37 heavy (non-hydrogen) atoms. The molecule has 10 heteroatoms. The summed E-state index contributed by atoms with van der Waals surface area (Å²) in [5, 5.41) is 6.29. The number of hydrogen-bond acceptors (Lipinski definition) is 7. The van der Waals surface area contributed by atoms with Crippen molar-refractivity contribution in [2.75, 3.05) is 18.5 Å². The average Bonchev–Trinajstić information content (AvgIpc) is 2.90. The molecule has 0 saturated heterocycles. The van der Waals surface area contributed by atoms with Gasteiger partial charge in [0.25, 0.3) is 0 Å². The molecule has 0 heterocycles. The number of carbonyl (C=O) groups is 3. The molecule has 3 rings (SSSR count). The standard InChI is InChI=1S/C27H26BrN3O6/c1-3-15-36-22-12-6-19(7-13-22)27(34)37-23-14-5-18(16-24(23)35-4-2)17-29-31-26(33)25(32)30-21-10-8-20(28)9-11-21/h5-14,16-17H,3-4,15H2,1-2H3,(H,30,32)(H,31,33)/b29-17+. The van der Waals surface area contributed by atoms with Gasteiger partial charge in [0.1, 0.15) is 5.75 Å². The Morgan fingerprint density at radius 3 is 2.30 bits per heavy atom. The molecule has 3 aromatic carbocycles. The number of hydrazone groups is 1. The van der Waals surface area contributed by atoms with Gasteiger partial charge in [0.15, 0.2) is 11.5 Å². The van der Waals surface area contributed by atoms with Crippen LogP contribution in [0.5, 0.6) is 17.2 Å². The highest BCUT2D eigenvalue weighted by atomic mass is 79.9. The number of esters is 1. The van der Waals surface area contributed by atoms with E-state index < -0.39 is 17.8 Å². The number of benzene rings is 3. The maximum absolute atomic E-state index is 12.6. The van der Waals surface area contributed by atoms with Crippen molar-refractivity contribution in [3.63, 3.8) is 0 Å². The molecular formula is C27H26BrN3O6. The largest absolute Gasteiger partial charge is 0.494 e. The van der Waals surface area contributed by atoms with Crippen LogP contribution in [0.25, 0.3) is 0 Å². The Kier molecular flexibility index (Phi) is 10.2. The first-order valence-electron chi connectivity index (χ1n) is 11.5. The van der Waals surface area contributed by atoms with E-state index in [1.165, 1.54) is 6.21 Å². The van der Waals surface area contributed by atoms with Gasteiger partial charge in [0.2, 0.25) is 0 Å². The number of nitrogens with zero attached hydrogens (tertiary/aromatic N) is 1. The summed E-state index contributed by atoms with van der Waals surface area (Å²) in [6.07, 6.45) is 2.23. The third kappa shape index (κ3) is 8.46. The predicted molar refractivity (Wildman–Crippen MR) is 143 cm³/mol. The number of ether oxygens (including phenoxy) is 3. The Morgan fingerprint density at radius 2 is 1.62 bits per heavy atom. The van der Waals surface area contributed by atoms with Gasteiger partial charge < -0.3 is 19.5 Å². The first-order chi connectivity index (χ1) is 17.9. The van der Waals surface area contributed by atoms with Crippen LogP contribution in [-0.2, 0) is 9.59 Å². The molecule has 0 unspecified atom stereocenters. The topological polar surface area (TPSA) is 115 Å². The van der Waals surface area contributed by atoms with Gasteiger partial charge in [-0.25, -0.2) is 10.2 Å². The maximum atomic E-state index is 12.6. The lowest BCUT2D eigenvalue weighted by Crippen LogP contribution is -2.32. The number of amides is 2. The van der Waals surface area contributed by atoms with Crippen molar-refractivity contribution in [1.29, 1.82) is 0 Å². The molecule has 0 aliphatic rings. The monoisotopic (exact) mass is 567 g/mol. The number of halogens is 1. The second-order valence-corrected chi connectivity index (χ2v) is 8.48. The van der Waals surface area contributed by atoms with Crippen molar-refractivity contribution < 1.29 is 28.6 Å². The van der Waals surface area contributed by atoms with E-state index in [2.05, 4.69) is 31.8 Å². The summed E-state index contributed by atoms with van der Waals surface area (Å²) in [4.78, 5) is 36.7. The third-order valence-corrected chi connectivity index (χ3v) is 5.25. The zero-order valence-electron chi connectivity index (χ0n) is 20.3. The van der Waals surface area contributed by atoms with Crippen LogP contribution in [0.1, 0.15) is 36.2 Å².